The zero-order valence-electron chi connectivity index (χ0n) is 18.1. The lowest BCUT2D eigenvalue weighted by Gasteiger charge is -2.36. The number of hydrogen-bond donors (Lipinski definition) is 3. The van der Waals surface area contributed by atoms with Crippen LogP contribution in [0.2, 0.25) is 0 Å². The zero-order valence-corrected chi connectivity index (χ0v) is 18.9. The average Bonchev–Trinajstić information content (AvgIpc) is 3.21. The maximum Gasteiger partial charge on any atom is 0.253 e. The van der Waals surface area contributed by atoms with Crippen molar-refractivity contribution in [3.63, 3.8) is 0 Å². The van der Waals surface area contributed by atoms with Crippen LogP contribution in [0.15, 0.2) is 35.8 Å². The zero-order chi connectivity index (χ0) is 22.3. The van der Waals surface area contributed by atoms with Crippen molar-refractivity contribution >= 4 is 39.9 Å². The first-order valence-corrected chi connectivity index (χ1v) is 11.6. The predicted octanol–water partition coefficient (Wildman–Crippen LogP) is 4.59. The van der Waals surface area contributed by atoms with Gasteiger partial charge < -0.3 is 16.0 Å². The van der Waals surface area contributed by atoms with Gasteiger partial charge in [0, 0.05) is 30.5 Å². The number of para-hydroxylation sites is 1. The second-order valence-electron chi connectivity index (χ2n) is 8.52. The smallest absolute Gasteiger partial charge is 0.253 e. The highest BCUT2D eigenvalue weighted by Crippen LogP contribution is 2.43. The van der Waals surface area contributed by atoms with Crippen LogP contribution in [-0.4, -0.2) is 28.7 Å². The van der Waals surface area contributed by atoms with Crippen LogP contribution in [-0.2, 0) is 9.59 Å². The van der Waals surface area contributed by atoms with Crippen molar-refractivity contribution in [3.8, 4) is 0 Å². The second kappa shape index (κ2) is 10.5. The van der Waals surface area contributed by atoms with Crippen molar-refractivity contribution in [2.45, 2.75) is 64.8 Å². The summed E-state index contributed by atoms with van der Waals surface area (Å²) in [5.74, 6) is -0.504. The molecule has 2 aromatic rings. The molecule has 1 fully saturated rings. The van der Waals surface area contributed by atoms with Gasteiger partial charge in [-0.05, 0) is 44.2 Å². The van der Waals surface area contributed by atoms with Gasteiger partial charge in [-0.3, -0.25) is 14.4 Å². The molecule has 1 heterocycles. The molecule has 1 saturated carbocycles. The van der Waals surface area contributed by atoms with Gasteiger partial charge in [0.25, 0.3) is 5.91 Å². The van der Waals surface area contributed by atoms with E-state index in [2.05, 4.69) is 20.9 Å². The van der Waals surface area contributed by atoms with Crippen LogP contribution in [0.25, 0.3) is 0 Å². The highest BCUT2D eigenvalue weighted by molar-refractivity contribution is 7.13. The minimum absolute atomic E-state index is 0.00175. The molecular formula is C23H30N4O3S. The second-order valence-corrected chi connectivity index (χ2v) is 9.42. The van der Waals surface area contributed by atoms with E-state index in [1.165, 1.54) is 11.3 Å². The molecule has 7 nitrogen and oxygen atoms in total. The van der Waals surface area contributed by atoms with E-state index in [-0.39, 0.29) is 42.0 Å². The van der Waals surface area contributed by atoms with Crippen molar-refractivity contribution in [3.05, 3.63) is 41.4 Å². The van der Waals surface area contributed by atoms with Gasteiger partial charge in [-0.1, -0.05) is 31.4 Å². The molecule has 166 valence electrons. The number of aromatic nitrogens is 1. The molecule has 1 aliphatic carbocycles. The van der Waals surface area contributed by atoms with Gasteiger partial charge >= 0.3 is 0 Å². The fourth-order valence-electron chi connectivity index (χ4n) is 4.17. The standard InChI is InChI=1S/C23H30N4O3S/c1-16(2)25-21(30)17-8-4-5-9-18(17)26-19(28)14-23(10-6-3-7-11-23)15-20(29)27-22-24-12-13-31-22/h4-5,8-9,12-13,16H,3,6-7,10-11,14-15H2,1-2H3,(H,25,30)(H,26,28)(H,24,27,29). The molecule has 0 bridgehead atoms. The molecule has 0 spiro atoms. The Morgan fingerprint density at radius 2 is 1.71 bits per heavy atom. The van der Waals surface area contributed by atoms with E-state index in [0.29, 0.717) is 16.4 Å². The third-order valence-electron chi connectivity index (χ3n) is 5.53. The third kappa shape index (κ3) is 6.62. The van der Waals surface area contributed by atoms with E-state index in [4.69, 9.17) is 0 Å². The first kappa shape index (κ1) is 22.9. The van der Waals surface area contributed by atoms with Crippen LogP contribution < -0.4 is 16.0 Å². The van der Waals surface area contributed by atoms with Crippen molar-refractivity contribution in [2.75, 3.05) is 10.6 Å². The molecule has 0 aliphatic heterocycles. The monoisotopic (exact) mass is 442 g/mol. The lowest BCUT2D eigenvalue weighted by molar-refractivity contribution is -0.122. The number of anilines is 2. The number of carbonyl (C=O) groups excluding carboxylic acids is 3. The Hall–Kier alpha value is -2.74. The summed E-state index contributed by atoms with van der Waals surface area (Å²) in [4.78, 5) is 42.2. The van der Waals surface area contributed by atoms with Crippen LogP contribution in [0.4, 0.5) is 10.8 Å². The highest BCUT2D eigenvalue weighted by Gasteiger charge is 2.36. The molecule has 31 heavy (non-hydrogen) atoms. The topological polar surface area (TPSA) is 100 Å². The highest BCUT2D eigenvalue weighted by atomic mass is 32.1. The molecule has 8 heteroatoms. The number of carbonyl (C=O) groups is 3. The van der Waals surface area contributed by atoms with Crippen LogP contribution in [0.3, 0.4) is 0 Å². The van der Waals surface area contributed by atoms with E-state index in [1.54, 1.807) is 30.5 Å². The summed E-state index contributed by atoms with van der Waals surface area (Å²) in [6.07, 6.45) is 6.99. The molecular weight excluding hydrogens is 412 g/mol. The Balaban J connectivity index is 1.69. The van der Waals surface area contributed by atoms with Crippen molar-refractivity contribution in [1.82, 2.24) is 10.3 Å². The van der Waals surface area contributed by atoms with E-state index in [1.807, 2.05) is 19.2 Å². The minimum atomic E-state index is -0.376. The largest absolute Gasteiger partial charge is 0.350 e. The van der Waals surface area contributed by atoms with Crippen molar-refractivity contribution < 1.29 is 14.4 Å². The summed E-state index contributed by atoms with van der Waals surface area (Å²) in [6.45, 7) is 3.78. The number of rotatable bonds is 8. The molecule has 0 radical (unpaired) electrons. The third-order valence-corrected chi connectivity index (χ3v) is 6.22. The number of nitrogens with zero attached hydrogens (tertiary/aromatic N) is 1. The van der Waals surface area contributed by atoms with Crippen LogP contribution in [0, 0.1) is 5.41 Å². The molecule has 0 atom stereocenters. The van der Waals surface area contributed by atoms with Gasteiger partial charge in [0.05, 0.1) is 11.3 Å². The van der Waals surface area contributed by atoms with Crippen LogP contribution >= 0.6 is 11.3 Å². The van der Waals surface area contributed by atoms with Crippen molar-refractivity contribution in [2.24, 2.45) is 5.41 Å². The minimum Gasteiger partial charge on any atom is -0.350 e. The number of benzene rings is 1. The van der Waals surface area contributed by atoms with Gasteiger partial charge in [-0.15, -0.1) is 11.3 Å². The molecule has 1 aromatic carbocycles. The van der Waals surface area contributed by atoms with Gasteiger partial charge in [-0.2, -0.15) is 0 Å². The number of hydrogen-bond acceptors (Lipinski definition) is 5. The first-order chi connectivity index (χ1) is 14.9. The number of amides is 3. The lowest BCUT2D eigenvalue weighted by atomic mass is 9.69. The Morgan fingerprint density at radius 3 is 2.35 bits per heavy atom. The SMILES string of the molecule is CC(C)NC(=O)c1ccccc1NC(=O)CC1(CC(=O)Nc2nccs2)CCCCC1. The summed E-state index contributed by atoms with van der Waals surface area (Å²) >= 11 is 1.38. The summed E-state index contributed by atoms with van der Waals surface area (Å²) in [7, 11) is 0. The van der Waals surface area contributed by atoms with Crippen molar-refractivity contribution in [1.29, 1.82) is 0 Å². The van der Waals surface area contributed by atoms with E-state index < -0.39 is 0 Å². The molecule has 3 N–H and O–H groups in total. The number of thiazole rings is 1. The fraction of sp³-hybridized carbons (Fsp3) is 0.478. The predicted molar refractivity (Wildman–Crippen MR) is 123 cm³/mol. The summed E-state index contributed by atoms with van der Waals surface area (Å²) in [5, 5.41) is 11.0. The van der Waals surface area contributed by atoms with Gasteiger partial charge in [0.2, 0.25) is 11.8 Å². The molecule has 1 aromatic heterocycles. The molecule has 1 aliphatic rings. The molecule has 0 saturated heterocycles. The maximum atomic E-state index is 13.0. The Kier molecular flexibility index (Phi) is 7.79. The van der Waals surface area contributed by atoms with Gasteiger partial charge in [0.15, 0.2) is 5.13 Å². The lowest BCUT2D eigenvalue weighted by Crippen LogP contribution is -2.34. The van der Waals surface area contributed by atoms with E-state index >= 15 is 0 Å². The van der Waals surface area contributed by atoms with Gasteiger partial charge in [0.1, 0.15) is 0 Å². The van der Waals surface area contributed by atoms with Gasteiger partial charge in [-0.25, -0.2) is 4.98 Å². The maximum absolute atomic E-state index is 13.0. The molecule has 0 unspecified atom stereocenters. The normalized spacial score (nSPS) is 15.3. The summed E-state index contributed by atoms with van der Waals surface area (Å²) in [5.41, 5.74) is 0.548. The Bertz CT molecular complexity index is 905. The Labute approximate surface area is 187 Å². The van der Waals surface area contributed by atoms with Crippen LogP contribution in [0.5, 0.6) is 0 Å². The van der Waals surface area contributed by atoms with E-state index in [9.17, 15) is 14.4 Å². The quantitative estimate of drug-likeness (QED) is 0.557. The van der Waals surface area contributed by atoms with E-state index in [0.717, 1.165) is 32.1 Å². The van der Waals surface area contributed by atoms with Crippen LogP contribution in [0.1, 0.15) is 69.2 Å². The molecule has 3 rings (SSSR count). The average molecular weight is 443 g/mol. The fourth-order valence-corrected chi connectivity index (χ4v) is 4.72. The molecule has 3 amide bonds. The first-order valence-electron chi connectivity index (χ1n) is 10.8. The Morgan fingerprint density at radius 1 is 1.03 bits per heavy atom. The summed E-state index contributed by atoms with van der Waals surface area (Å²) in [6, 6.07) is 7.00. The summed E-state index contributed by atoms with van der Waals surface area (Å²) < 4.78 is 0. The number of nitrogens with one attached hydrogen (secondary N) is 3.